The molecular weight excluding hydrogens is 462 g/mol. The quantitative estimate of drug-likeness (QED) is 0.295. The molecule has 0 amide bonds. The Labute approximate surface area is 206 Å². The number of thioether (sulfide) groups is 1. The van der Waals surface area contributed by atoms with E-state index in [0.717, 1.165) is 44.8 Å². The highest BCUT2D eigenvalue weighted by Gasteiger charge is 2.18. The van der Waals surface area contributed by atoms with Crippen LogP contribution in [0.1, 0.15) is 34.6 Å². The van der Waals surface area contributed by atoms with Gasteiger partial charge in [-0.25, -0.2) is 4.98 Å². The molecule has 172 valence electrons. The van der Waals surface area contributed by atoms with E-state index in [1.807, 2.05) is 25.1 Å². The predicted octanol–water partition coefficient (Wildman–Crippen LogP) is 5.76. The maximum absolute atomic E-state index is 13.1. The lowest BCUT2D eigenvalue weighted by molar-refractivity contribution is 0.651. The number of aromatic nitrogens is 5. The van der Waals surface area contributed by atoms with Gasteiger partial charge >= 0.3 is 0 Å². The molecule has 3 aromatic heterocycles. The molecule has 0 aliphatic carbocycles. The van der Waals surface area contributed by atoms with E-state index in [0.29, 0.717) is 17.0 Å². The van der Waals surface area contributed by atoms with Gasteiger partial charge in [-0.05, 0) is 31.9 Å². The fraction of sp³-hybridized carbons (Fsp3) is 0.231. The number of hydrogen-bond donors (Lipinski definition) is 1. The average Bonchev–Trinajstić information content (AvgIpc) is 3.38. The van der Waals surface area contributed by atoms with Crippen molar-refractivity contribution < 1.29 is 0 Å². The zero-order valence-corrected chi connectivity index (χ0v) is 21.0. The second-order valence-electron chi connectivity index (χ2n) is 8.19. The zero-order chi connectivity index (χ0) is 23.7. The fourth-order valence-corrected chi connectivity index (χ4v) is 6.04. The Morgan fingerprint density at radius 2 is 1.79 bits per heavy atom. The molecule has 6 nitrogen and oxygen atoms in total. The molecule has 8 heteroatoms. The number of benzene rings is 2. The molecular formula is C26H25N5OS2. The number of thiophene rings is 1. The Bertz CT molecular complexity index is 1500. The van der Waals surface area contributed by atoms with Crippen LogP contribution in [0.4, 0.5) is 0 Å². The lowest BCUT2D eigenvalue weighted by Crippen LogP contribution is -2.11. The first-order valence-electron chi connectivity index (χ1n) is 11.2. The molecule has 2 aromatic carbocycles. The highest BCUT2D eigenvalue weighted by molar-refractivity contribution is 7.98. The summed E-state index contributed by atoms with van der Waals surface area (Å²) >= 11 is 3.11. The van der Waals surface area contributed by atoms with Crippen LogP contribution in [-0.2, 0) is 18.7 Å². The third-order valence-corrected chi connectivity index (χ3v) is 7.76. The first-order chi connectivity index (χ1) is 16.5. The molecule has 0 radical (unpaired) electrons. The minimum absolute atomic E-state index is 0.0951. The van der Waals surface area contributed by atoms with Crippen LogP contribution in [0.5, 0.6) is 0 Å². The van der Waals surface area contributed by atoms with E-state index in [4.69, 9.17) is 4.98 Å². The number of aryl methyl sites for hydroxylation is 2. The molecule has 0 fully saturated rings. The summed E-state index contributed by atoms with van der Waals surface area (Å²) < 4.78 is 2.12. The van der Waals surface area contributed by atoms with E-state index in [1.165, 1.54) is 11.1 Å². The highest BCUT2D eigenvalue weighted by atomic mass is 32.2. The summed E-state index contributed by atoms with van der Waals surface area (Å²) in [5.41, 5.74) is 4.33. The second-order valence-corrected chi connectivity index (χ2v) is 10.3. The van der Waals surface area contributed by atoms with Crippen molar-refractivity contribution in [2.24, 2.45) is 0 Å². The van der Waals surface area contributed by atoms with Crippen LogP contribution in [0.2, 0.25) is 0 Å². The smallest absolute Gasteiger partial charge is 0.260 e. The van der Waals surface area contributed by atoms with Crippen LogP contribution < -0.4 is 5.56 Å². The van der Waals surface area contributed by atoms with Crippen molar-refractivity contribution in [2.75, 3.05) is 0 Å². The van der Waals surface area contributed by atoms with Gasteiger partial charge in [-0.2, -0.15) is 0 Å². The molecule has 0 saturated carbocycles. The van der Waals surface area contributed by atoms with Gasteiger partial charge in [0.25, 0.3) is 5.56 Å². The maximum atomic E-state index is 13.1. The number of rotatable bonds is 7. The summed E-state index contributed by atoms with van der Waals surface area (Å²) in [6.07, 6.45) is 0.736. The average molecular weight is 488 g/mol. The Morgan fingerprint density at radius 3 is 2.53 bits per heavy atom. The second kappa shape index (κ2) is 9.56. The molecule has 3 heterocycles. The summed E-state index contributed by atoms with van der Waals surface area (Å²) in [7, 11) is 0. The van der Waals surface area contributed by atoms with Crippen LogP contribution in [0.25, 0.3) is 21.3 Å². The summed E-state index contributed by atoms with van der Waals surface area (Å²) in [5, 5.41) is 10.3. The normalized spacial score (nSPS) is 11.4. The first-order valence-corrected chi connectivity index (χ1v) is 13.0. The van der Waals surface area contributed by atoms with Crippen LogP contribution in [0, 0.1) is 13.8 Å². The zero-order valence-electron chi connectivity index (χ0n) is 19.3. The van der Waals surface area contributed by atoms with Crippen molar-refractivity contribution in [3.05, 3.63) is 92.6 Å². The Kier molecular flexibility index (Phi) is 6.34. The highest BCUT2D eigenvalue weighted by Crippen LogP contribution is 2.36. The van der Waals surface area contributed by atoms with Gasteiger partial charge in [-0.15, -0.1) is 21.5 Å². The predicted molar refractivity (Wildman–Crippen MR) is 140 cm³/mol. The molecule has 0 saturated heterocycles. The van der Waals surface area contributed by atoms with Gasteiger partial charge < -0.3 is 9.55 Å². The molecule has 0 aliphatic rings. The third kappa shape index (κ3) is 4.43. The third-order valence-electron chi connectivity index (χ3n) is 5.78. The van der Waals surface area contributed by atoms with E-state index < -0.39 is 0 Å². The summed E-state index contributed by atoms with van der Waals surface area (Å²) in [6, 6.07) is 18.5. The minimum atomic E-state index is -0.0951. The van der Waals surface area contributed by atoms with Crippen LogP contribution in [0.15, 0.2) is 64.5 Å². The van der Waals surface area contributed by atoms with E-state index in [2.05, 4.69) is 70.0 Å². The van der Waals surface area contributed by atoms with E-state index in [1.54, 1.807) is 23.1 Å². The molecule has 0 spiro atoms. The van der Waals surface area contributed by atoms with Crippen molar-refractivity contribution in [1.29, 1.82) is 0 Å². The van der Waals surface area contributed by atoms with Gasteiger partial charge in [0.2, 0.25) is 0 Å². The standard InChI is InChI=1S/C26H25N5OS2/c1-4-31-21(14-18-8-6-5-7-9-18)29-30-26(31)33-15-20-27-24(32)23-22(17(3)34-25(23)28-20)19-12-10-16(2)11-13-19/h5-13H,4,14-15H2,1-3H3,(H,27,28,32). The maximum Gasteiger partial charge on any atom is 0.260 e. The van der Waals surface area contributed by atoms with Crippen LogP contribution in [-0.4, -0.2) is 24.7 Å². The SMILES string of the molecule is CCn1c(Cc2ccccc2)nnc1SCc1nc2sc(C)c(-c3ccc(C)cc3)c2c(=O)[nH]1. The van der Waals surface area contributed by atoms with Gasteiger partial charge in [0.15, 0.2) is 5.16 Å². The Hall–Kier alpha value is -3.23. The molecule has 34 heavy (non-hydrogen) atoms. The van der Waals surface area contributed by atoms with Crippen molar-refractivity contribution in [2.45, 2.75) is 44.6 Å². The van der Waals surface area contributed by atoms with Crippen LogP contribution >= 0.6 is 23.1 Å². The largest absolute Gasteiger partial charge is 0.309 e. The fourth-order valence-electron chi connectivity index (χ4n) is 4.09. The summed E-state index contributed by atoms with van der Waals surface area (Å²) in [4.78, 5) is 22.7. The number of nitrogens with one attached hydrogen (secondary N) is 1. The molecule has 0 atom stereocenters. The topological polar surface area (TPSA) is 76.5 Å². The molecule has 0 bridgehead atoms. The van der Waals surface area contributed by atoms with Gasteiger partial charge in [0.05, 0.1) is 11.1 Å². The van der Waals surface area contributed by atoms with Crippen LogP contribution in [0.3, 0.4) is 0 Å². The molecule has 5 aromatic rings. The summed E-state index contributed by atoms with van der Waals surface area (Å²) in [5.74, 6) is 2.10. The number of nitrogens with zero attached hydrogens (tertiary/aromatic N) is 4. The van der Waals surface area contributed by atoms with Crippen molar-refractivity contribution >= 4 is 33.3 Å². The Morgan fingerprint density at radius 1 is 1.03 bits per heavy atom. The van der Waals surface area contributed by atoms with Crippen molar-refractivity contribution in [3.8, 4) is 11.1 Å². The number of H-pyrrole nitrogens is 1. The van der Waals surface area contributed by atoms with Gasteiger partial charge in [-0.3, -0.25) is 4.79 Å². The molecule has 5 rings (SSSR count). The number of aromatic amines is 1. The van der Waals surface area contributed by atoms with Gasteiger partial charge in [0, 0.05) is 23.4 Å². The molecule has 1 N–H and O–H groups in total. The minimum Gasteiger partial charge on any atom is -0.309 e. The van der Waals surface area contributed by atoms with E-state index in [-0.39, 0.29) is 5.56 Å². The van der Waals surface area contributed by atoms with E-state index in [9.17, 15) is 4.79 Å². The van der Waals surface area contributed by atoms with Gasteiger partial charge in [-0.1, -0.05) is 71.9 Å². The number of fused-ring (bicyclic) bond motifs is 1. The van der Waals surface area contributed by atoms with E-state index >= 15 is 0 Å². The van der Waals surface area contributed by atoms with Crippen molar-refractivity contribution in [3.63, 3.8) is 0 Å². The monoisotopic (exact) mass is 487 g/mol. The first kappa shape index (κ1) is 22.6. The lowest BCUT2D eigenvalue weighted by Gasteiger charge is -2.07. The Balaban J connectivity index is 1.40. The molecule has 0 unspecified atom stereocenters. The number of hydrogen-bond acceptors (Lipinski definition) is 6. The van der Waals surface area contributed by atoms with Gasteiger partial charge in [0.1, 0.15) is 16.5 Å². The van der Waals surface area contributed by atoms with Crippen molar-refractivity contribution in [1.82, 2.24) is 24.7 Å². The lowest BCUT2D eigenvalue weighted by atomic mass is 10.0. The molecule has 0 aliphatic heterocycles. The summed E-state index contributed by atoms with van der Waals surface area (Å²) in [6.45, 7) is 6.98.